The van der Waals surface area contributed by atoms with E-state index in [2.05, 4.69) is 0 Å². The predicted octanol–water partition coefficient (Wildman–Crippen LogP) is 3.49. The standard InChI is InChI=1S/C22H16N2O5S/c1-2-29-22(28)17-16(12-7-9-13(10-8-12)18(23)25)11-30-21(17)24-19(26)14-5-3-4-6-15(14)20(24)27/h3-11H,2H2,1H3,(H2,23,25). The Morgan fingerprint density at radius 2 is 1.57 bits per heavy atom. The summed E-state index contributed by atoms with van der Waals surface area (Å²) < 4.78 is 5.20. The van der Waals surface area contributed by atoms with Crippen molar-refractivity contribution >= 4 is 40.0 Å². The van der Waals surface area contributed by atoms with Crippen molar-refractivity contribution in [2.24, 2.45) is 5.73 Å². The molecule has 30 heavy (non-hydrogen) atoms. The quantitative estimate of drug-likeness (QED) is 0.502. The Kier molecular flexibility index (Phi) is 4.93. The first-order valence-corrected chi connectivity index (χ1v) is 9.98. The van der Waals surface area contributed by atoms with Gasteiger partial charge < -0.3 is 10.5 Å². The highest BCUT2D eigenvalue weighted by Gasteiger charge is 2.40. The topological polar surface area (TPSA) is 107 Å². The first-order valence-electron chi connectivity index (χ1n) is 9.10. The molecule has 0 saturated heterocycles. The summed E-state index contributed by atoms with van der Waals surface area (Å²) in [6, 6.07) is 12.9. The molecule has 0 radical (unpaired) electrons. The van der Waals surface area contributed by atoms with Crippen molar-refractivity contribution in [3.63, 3.8) is 0 Å². The van der Waals surface area contributed by atoms with Crippen LogP contribution in [0.5, 0.6) is 0 Å². The molecule has 0 fully saturated rings. The van der Waals surface area contributed by atoms with E-state index in [0.717, 1.165) is 16.2 Å². The number of imide groups is 1. The first-order chi connectivity index (χ1) is 14.4. The van der Waals surface area contributed by atoms with Crippen molar-refractivity contribution in [2.45, 2.75) is 6.92 Å². The lowest BCUT2D eigenvalue weighted by Crippen LogP contribution is -2.30. The van der Waals surface area contributed by atoms with Gasteiger partial charge in [-0.3, -0.25) is 14.4 Å². The number of nitrogens with zero attached hydrogens (tertiary/aromatic N) is 1. The lowest BCUT2D eigenvalue weighted by atomic mass is 10.0. The van der Waals surface area contributed by atoms with Crippen LogP contribution in [0.1, 0.15) is 48.4 Å². The largest absolute Gasteiger partial charge is 0.462 e. The van der Waals surface area contributed by atoms with Crippen molar-refractivity contribution in [1.82, 2.24) is 0 Å². The minimum absolute atomic E-state index is 0.128. The minimum atomic E-state index is -0.640. The van der Waals surface area contributed by atoms with Crippen molar-refractivity contribution < 1.29 is 23.9 Å². The number of hydrogen-bond acceptors (Lipinski definition) is 6. The molecule has 3 aromatic rings. The van der Waals surface area contributed by atoms with Crippen molar-refractivity contribution in [1.29, 1.82) is 0 Å². The zero-order chi connectivity index (χ0) is 21.4. The monoisotopic (exact) mass is 420 g/mol. The normalized spacial score (nSPS) is 12.8. The van der Waals surface area contributed by atoms with Gasteiger partial charge in [0.2, 0.25) is 5.91 Å². The predicted molar refractivity (Wildman–Crippen MR) is 112 cm³/mol. The van der Waals surface area contributed by atoms with Crippen LogP contribution in [-0.2, 0) is 4.74 Å². The molecule has 0 bridgehead atoms. The van der Waals surface area contributed by atoms with Crippen LogP contribution >= 0.6 is 11.3 Å². The molecule has 0 atom stereocenters. The molecular formula is C22H16N2O5S. The fourth-order valence-electron chi connectivity index (χ4n) is 3.31. The number of carbonyl (C=O) groups is 4. The Bertz CT molecular complexity index is 1160. The van der Waals surface area contributed by atoms with E-state index in [1.165, 1.54) is 0 Å². The van der Waals surface area contributed by atoms with Crippen LogP contribution in [0.3, 0.4) is 0 Å². The summed E-state index contributed by atoms with van der Waals surface area (Å²) in [5, 5.41) is 1.89. The van der Waals surface area contributed by atoms with E-state index in [4.69, 9.17) is 10.5 Å². The van der Waals surface area contributed by atoms with E-state index in [-0.39, 0.29) is 28.3 Å². The molecule has 1 aliphatic rings. The second-order valence-corrected chi connectivity index (χ2v) is 7.34. The van der Waals surface area contributed by atoms with E-state index in [1.54, 1.807) is 60.8 Å². The Balaban J connectivity index is 1.84. The Morgan fingerprint density at radius 3 is 2.10 bits per heavy atom. The molecule has 2 N–H and O–H groups in total. The van der Waals surface area contributed by atoms with Gasteiger partial charge in [0, 0.05) is 16.5 Å². The summed E-state index contributed by atoms with van der Waals surface area (Å²) in [7, 11) is 0. The van der Waals surface area contributed by atoms with Gasteiger partial charge in [-0.25, -0.2) is 9.69 Å². The number of benzene rings is 2. The summed E-state index contributed by atoms with van der Waals surface area (Å²) in [5.74, 6) is -2.18. The average Bonchev–Trinajstić information content (AvgIpc) is 3.28. The Morgan fingerprint density at radius 1 is 0.967 bits per heavy atom. The minimum Gasteiger partial charge on any atom is -0.462 e. The summed E-state index contributed by atoms with van der Waals surface area (Å²) in [6.07, 6.45) is 0. The fraction of sp³-hybridized carbons (Fsp3) is 0.0909. The summed E-state index contributed by atoms with van der Waals surface area (Å²) in [6.45, 7) is 1.81. The SMILES string of the molecule is CCOC(=O)c1c(-c2ccc(C(N)=O)cc2)csc1N1C(=O)c2ccccc2C1=O. The summed E-state index contributed by atoms with van der Waals surface area (Å²) >= 11 is 1.10. The van der Waals surface area contributed by atoms with Gasteiger partial charge in [0.05, 0.1) is 17.7 Å². The molecule has 0 saturated carbocycles. The second kappa shape index (κ2) is 7.57. The van der Waals surface area contributed by atoms with Crippen LogP contribution in [0.4, 0.5) is 5.00 Å². The van der Waals surface area contributed by atoms with Crippen LogP contribution in [-0.4, -0.2) is 30.3 Å². The van der Waals surface area contributed by atoms with Crippen LogP contribution in [0, 0.1) is 0 Å². The van der Waals surface area contributed by atoms with Gasteiger partial charge in [-0.1, -0.05) is 24.3 Å². The molecule has 0 spiro atoms. The first kappa shape index (κ1) is 19.5. The van der Waals surface area contributed by atoms with E-state index in [1.807, 2.05) is 0 Å². The van der Waals surface area contributed by atoms with Gasteiger partial charge in [-0.05, 0) is 36.8 Å². The van der Waals surface area contributed by atoms with E-state index in [9.17, 15) is 19.2 Å². The van der Waals surface area contributed by atoms with Gasteiger partial charge >= 0.3 is 5.97 Å². The number of nitrogens with two attached hydrogens (primary N) is 1. The van der Waals surface area contributed by atoms with Crippen molar-refractivity contribution in [3.05, 3.63) is 76.2 Å². The number of amides is 3. The maximum atomic E-state index is 12.9. The van der Waals surface area contributed by atoms with Crippen molar-refractivity contribution in [3.8, 4) is 11.1 Å². The maximum Gasteiger partial charge on any atom is 0.341 e. The third-order valence-electron chi connectivity index (χ3n) is 4.73. The number of fused-ring (bicyclic) bond motifs is 1. The average molecular weight is 420 g/mol. The van der Waals surface area contributed by atoms with Gasteiger partial charge in [0.1, 0.15) is 10.6 Å². The molecule has 8 heteroatoms. The molecule has 4 rings (SSSR count). The molecule has 2 aromatic carbocycles. The molecule has 1 aliphatic heterocycles. The highest BCUT2D eigenvalue weighted by Crippen LogP contribution is 2.41. The molecular weight excluding hydrogens is 404 g/mol. The van der Waals surface area contributed by atoms with E-state index >= 15 is 0 Å². The summed E-state index contributed by atoms with van der Waals surface area (Å²) in [5.41, 5.74) is 7.45. The van der Waals surface area contributed by atoms with Crippen LogP contribution < -0.4 is 10.6 Å². The number of primary amides is 1. The zero-order valence-corrected chi connectivity index (χ0v) is 16.7. The molecule has 2 heterocycles. The third kappa shape index (κ3) is 3.07. The molecule has 0 aliphatic carbocycles. The molecule has 0 unspecified atom stereocenters. The lowest BCUT2D eigenvalue weighted by molar-refractivity contribution is 0.0528. The highest BCUT2D eigenvalue weighted by atomic mass is 32.1. The lowest BCUT2D eigenvalue weighted by Gasteiger charge is -2.15. The van der Waals surface area contributed by atoms with Crippen LogP contribution in [0.15, 0.2) is 53.9 Å². The number of hydrogen-bond donors (Lipinski definition) is 1. The Hall–Kier alpha value is -3.78. The molecule has 150 valence electrons. The highest BCUT2D eigenvalue weighted by molar-refractivity contribution is 7.15. The fourth-order valence-corrected chi connectivity index (χ4v) is 4.38. The second-order valence-electron chi connectivity index (χ2n) is 6.48. The van der Waals surface area contributed by atoms with E-state index < -0.39 is 23.7 Å². The van der Waals surface area contributed by atoms with E-state index in [0.29, 0.717) is 16.7 Å². The van der Waals surface area contributed by atoms with Crippen molar-refractivity contribution in [2.75, 3.05) is 11.5 Å². The zero-order valence-electron chi connectivity index (χ0n) is 15.9. The Labute approximate surface area is 175 Å². The molecule has 3 amide bonds. The maximum absolute atomic E-state index is 12.9. The number of esters is 1. The number of thiophene rings is 1. The number of rotatable bonds is 5. The van der Waals surface area contributed by atoms with Crippen LogP contribution in [0.2, 0.25) is 0 Å². The number of carbonyl (C=O) groups excluding carboxylic acids is 4. The third-order valence-corrected chi connectivity index (χ3v) is 5.69. The summed E-state index contributed by atoms with van der Waals surface area (Å²) in [4.78, 5) is 51.0. The van der Waals surface area contributed by atoms with Gasteiger partial charge in [0.15, 0.2) is 0 Å². The smallest absolute Gasteiger partial charge is 0.341 e. The molecule has 7 nitrogen and oxygen atoms in total. The number of ether oxygens (including phenoxy) is 1. The van der Waals surface area contributed by atoms with Crippen LogP contribution in [0.25, 0.3) is 11.1 Å². The molecule has 1 aromatic heterocycles. The number of anilines is 1. The van der Waals surface area contributed by atoms with Gasteiger partial charge in [0.25, 0.3) is 11.8 Å². The van der Waals surface area contributed by atoms with Gasteiger partial charge in [-0.15, -0.1) is 11.3 Å². The van der Waals surface area contributed by atoms with Gasteiger partial charge in [-0.2, -0.15) is 0 Å².